The van der Waals surface area contributed by atoms with Crippen molar-refractivity contribution < 1.29 is 4.79 Å². The molecule has 0 fully saturated rings. The second-order valence-electron chi connectivity index (χ2n) is 1.82. The van der Waals surface area contributed by atoms with E-state index < -0.39 is 5.91 Å². The summed E-state index contributed by atoms with van der Waals surface area (Å²) in [5.74, 6) is 4.31. The summed E-state index contributed by atoms with van der Waals surface area (Å²) < 4.78 is 0. The molecule has 0 aromatic carbocycles. The molecule has 1 amide bonds. The number of hydrogen-bond donors (Lipinski definition) is 2. The monoisotopic (exact) mass is 206 g/mol. The Kier molecular flexibility index (Phi) is 2.80. The number of hydrazine groups is 1. The molecule has 64 valence electrons. The van der Waals surface area contributed by atoms with Gasteiger partial charge in [0.25, 0.3) is 5.91 Å². The lowest BCUT2D eigenvalue weighted by Crippen LogP contribution is -2.30. The summed E-state index contributed by atoms with van der Waals surface area (Å²) in [6, 6.07) is 0. The third-order valence-electron chi connectivity index (χ3n) is 1.09. The number of nitrogens with zero attached hydrogens (tertiary/aromatic N) is 2. The molecule has 1 aromatic rings. The van der Waals surface area contributed by atoms with Crippen molar-refractivity contribution >= 4 is 29.1 Å². The van der Waals surface area contributed by atoms with Crippen molar-refractivity contribution in [2.75, 3.05) is 0 Å². The fourth-order valence-electron chi connectivity index (χ4n) is 0.571. The average molecular weight is 207 g/mol. The molecule has 1 aromatic heterocycles. The molecule has 1 heterocycles. The minimum atomic E-state index is -0.559. The SMILES string of the molecule is NNC(=O)c1cnc(Cl)nc1Cl. The van der Waals surface area contributed by atoms with E-state index >= 15 is 0 Å². The average Bonchev–Trinajstić information content (AvgIpc) is 2.03. The van der Waals surface area contributed by atoms with Crippen LogP contribution in [-0.4, -0.2) is 15.9 Å². The van der Waals surface area contributed by atoms with Gasteiger partial charge >= 0.3 is 0 Å². The maximum atomic E-state index is 10.9. The Bertz CT molecular complexity index is 316. The van der Waals surface area contributed by atoms with E-state index in [1.54, 1.807) is 0 Å². The highest BCUT2D eigenvalue weighted by Gasteiger charge is 2.10. The Morgan fingerprint density at radius 1 is 1.58 bits per heavy atom. The Balaban J connectivity index is 3.09. The molecule has 0 aliphatic rings. The van der Waals surface area contributed by atoms with E-state index in [1.807, 2.05) is 5.43 Å². The minimum Gasteiger partial charge on any atom is -0.290 e. The quantitative estimate of drug-likeness (QED) is 0.229. The molecule has 0 unspecified atom stereocenters. The van der Waals surface area contributed by atoms with E-state index in [-0.39, 0.29) is 16.0 Å². The van der Waals surface area contributed by atoms with Crippen LogP contribution in [0.2, 0.25) is 10.4 Å². The van der Waals surface area contributed by atoms with E-state index in [1.165, 1.54) is 6.20 Å². The summed E-state index contributed by atoms with van der Waals surface area (Å²) in [5.41, 5.74) is 1.98. The molecule has 0 saturated heterocycles. The summed E-state index contributed by atoms with van der Waals surface area (Å²) in [4.78, 5) is 18.0. The first-order valence-electron chi connectivity index (χ1n) is 2.84. The fraction of sp³-hybridized carbons (Fsp3) is 0. The molecule has 0 radical (unpaired) electrons. The predicted octanol–water partition coefficient (Wildman–Crippen LogP) is 0.387. The topological polar surface area (TPSA) is 80.9 Å². The highest BCUT2D eigenvalue weighted by molar-refractivity contribution is 6.34. The van der Waals surface area contributed by atoms with Gasteiger partial charge in [0.15, 0.2) is 0 Å². The van der Waals surface area contributed by atoms with Crippen molar-refractivity contribution in [3.05, 3.63) is 22.2 Å². The van der Waals surface area contributed by atoms with Crippen LogP contribution in [0.15, 0.2) is 6.20 Å². The van der Waals surface area contributed by atoms with Gasteiger partial charge in [0.2, 0.25) is 5.28 Å². The van der Waals surface area contributed by atoms with Crippen LogP contribution in [0.5, 0.6) is 0 Å². The second-order valence-corrected chi connectivity index (χ2v) is 2.51. The number of hydrogen-bond acceptors (Lipinski definition) is 4. The Morgan fingerprint density at radius 3 is 2.75 bits per heavy atom. The molecular weight excluding hydrogens is 203 g/mol. The highest BCUT2D eigenvalue weighted by Crippen LogP contribution is 2.13. The second kappa shape index (κ2) is 3.66. The van der Waals surface area contributed by atoms with Crippen LogP contribution < -0.4 is 11.3 Å². The number of rotatable bonds is 1. The van der Waals surface area contributed by atoms with Gasteiger partial charge in [-0.2, -0.15) is 0 Å². The summed E-state index contributed by atoms with van der Waals surface area (Å²) >= 11 is 10.9. The van der Waals surface area contributed by atoms with Gasteiger partial charge in [-0.3, -0.25) is 10.2 Å². The lowest BCUT2D eigenvalue weighted by atomic mass is 10.3. The standard InChI is InChI=1S/C5H4Cl2N4O/c6-3-2(4(12)11-8)1-9-5(7)10-3/h1H,8H2,(H,11,12). The largest absolute Gasteiger partial charge is 0.290 e. The number of carbonyl (C=O) groups is 1. The van der Waals surface area contributed by atoms with Crippen molar-refractivity contribution in [3.8, 4) is 0 Å². The van der Waals surface area contributed by atoms with Crippen LogP contribution in [0, 0.1) is 0 Å². The van der Waals surface area contributed by atoms with Crippen LogP contribution in [0.3, 0.4) is 0 Å². The summed E-state index contributed by atoms with van der Waals surface area (Å²) in [5, 5.41) is -0.0495. The number of aromatic nitrogens is 2. The van der Waals surface area contributed by atoms with Crippen molar-refractivity contribution in [2.24, 2.45) is 5.84 Å². The first kappa shape index (κ1) is 9.18. The van der Waals surface area contributed by atoms with Gasteiger partial charge in [0, 0.05) is 6.20 Å². The van der Waals surface area contributed by atoms with Gasteiger partial charge in [-0.1, -0.05) is 11.6 Å². The highest BCUT2D eigenvalue weighted by atomic mass is 35.5. The zero-order valence-electron chi connectivity index (χ0n) is 5.71. The van der Waals surface area contributed by atoms with Crippen molar-refractivity contribution in [1.82, 2.24) is 15.4 Å². The lowest BCUT2D eigenvalue weighted by Gasteiger charge is -1.99. The van der Waals surface area contributed by atoms with Gasteiger partial charge < -0.3 is 0 Å². The smallest absolute Gasteiger partial charge is 0.269 e. The van der Waals surface area contributed by atoms with Crippen molar-refractivity contribution in [3.63, 3.8) is 0 Å². The Labute approximate surface area is 77.9 Å². The number of nitrogen functional groups attached to an aromatic ring is 1. The van der Waals surface area contributed by atoms with E-state index in [0.717, 1.165) is 0 Å². The van der Waals surface area contributed by atoms with Gasteiger partial charge in [0.1, 0.15) is 5.15 Å². The normalized spacial score (nSPS) is 9.58. The maximum Gasteiger partial charge on any atom is 0.269 e. The number of nitrogens with two attached hydrogens (primary N) is 1. The zero-order valence-corrected chi connectivity index (χ0v) is 7.23. The van der Waals surface area contributed by atoms with E-state index in [0.29, 0.717) is 0 Å². The first-order valence-corrected chi connectivity index (χ1v) is 3.59. The van der Waals surface area contributed by atoms with Crippen LogP contribution in [0.4, 0.5) is 0 Å². The summed E-state index contributed by atoms with van der Waals surface area (Å²) in [7, 11) is 0. The van der Waals surface area contributed by atoms with Crippen LogP contribution >= 0.6 is 23.2 Å². The predicted molar refractivity (Wildman–Crippen MR) is 43.7 cm³/mol. The molecular formula is C5H4Cl2N4O. The summed E-state index contributed by atoms with van der Waals surface area (Å²) in [6.45, 7) is 0. The van der Waals surface area contributed by atoms with Crippen LogP contribution in [0.1, 0.15) is 10.4 Å². The number of amides is 1. The van der Waals surface area contributed by atoms with Gasteiger partial charge in [-0.05, 0) is 11.6 Å². The van der Waals surface area contributed by atoms with E-state index in [2.05, 4.69) is 9.97 Å². The molecule has 0 aliphatic heterocycles. The molecule has 0 atom stereocenters. The molecule has 5 nitrogen and oxygen atoms in total. The van der Waals surface area contributed by atoms with Crippen molar-refractivity contribution in [2.45, 2.75) is 0 Å². The number of nitrogens with one attached hydrogen (secondary N) is 1. The van der Waals surface area contributed by atoms with Crippen molar-refractivity contribution in [1.29, 1.82) is 0 Å². The molecule has 3 N–H and O–H groups in total. The molecule has 7 heteroatoms. The molecule has 0 bridgehead atoms. The van der Waals surface area contributed by atoms with E-state index in [9.17, 15) is 4.79 Å². The van der Waals surface area contributed by atoms with Gasteiger partial charge in [-0.15, -0.1) is 0 Å². The first-order chi connectivity index (χ1) is 5.65. The van der Waals surface area contributed by atoms with Crippen LogP contribution in [0.25, 0.3) is 0 Å². The zero-order chi connectivity index (χ0) is 9.14. The third-order valence-corrected chi connectivity index (χ3v) is 1.56. The number of carbonyl (C=O) groups excluding carboxylic acids is 1. The Hall–Kier alpha value is -0.910. The molecule has 0 aliphatic carbocycles. The maximum absolute atomic E-state index is 10.9. The molecule has 0 saturated carbocycles. The molecule has 1 rings (SSSR count). The molecule has 12 heavy (non-hydrogen) atoms. The minimum absolute atomic E-state index is 0.0198. The summed E-state index contributed by atoms with van der Waals surface area (Å²) in [6.07, 6.45) is 1.19. The van der Waals surface area contributed by atoms with Gasteiger partial charge in [-0.25, -0.2) is 15.8 Å². The van der Waals surface area contributed by atoms with E-state index in [4.69, 9.17) is 29.0 Å². The third kappa shape index (κ3) is 1.82. The number of halogens is 2. The fourth-order valence-corrected chi connectivity index (χ4v) is 0.962. The molecule has 0 spiro atoms. The Morgan fingerprint density at radius 2 is 2.25 bits per heavy atom. The van der Waals surface area contributed by atoms with Gasteiger partial charge in [0.05, 0.1) is 5.56 Å². The van der Waals surface area contributed by atoms with Crippen LogP contribution in [-0.2, 0) is 0 Å². The lowest BCUT2D eigenvalue weighted by molar-refractivity contribution is 0.0953.